The van der Waals surface area contributed by atoms with Crippen LogP contribution in [0, 0.1) is 5.92 Å². The molecule has 3 rings (SSSR count). The van der Waals surface area contributed by atoms with Crippen molar-refractivity contribution in [1.82, 2.24) is 10.2 Å². The minimum Gasteiger partial charge on any atom is -0.468 e. The van der Waals surface area contributed by atoms with Crippen molar-refractivity contribution in [2.45, 2.75) is 75.4 Å². The van der Waals surface area contributed by atoms with Gasteiger partial charge in [0.25, 0.3) is 0 Å². The molecule has 3 aliphatic rings. The second kappa shape index (κ2) is 6.25. The summed E-state index contributed by atoms with van der Waals surface area (Å²) < 4.78 is 5.21. The van der Waals surface area contributed by atoms with Gasteiger partial charge in [-0.3, -0.25) is 5.32 Å². The highest BCUT2D eigenvalue weighted by Crippen LogP contribution is 2.43. The molecule has 1 N–H and O–H groups in total. The SMILES string of the molecule is COC(=O)C(CN(C)C1CCCCC1)(NC1CC1)C1CC1. The summed E-state index contributed by atoms with van der Waals surface area (Å²) >= 11 is 0. The molecule has 0 radical (unpaired) electrons. The van der Waals surface area contributed by atoms with Crippen molar-refractivity contribution < 1.29 is 9.53 Å². The summed E-state index contributed by atoms with van der Waals surface area (Å²) in [6.45, 7) is 0.811. The van der Waals surface area contributed by atoms with Gasteiger partial charge in [-0.15, -0.1) is 0 Å². The largest absolute Gasteiger partial charge is 0.468 e. The molecule has 0 heterocycles. The first-order valence-electron chi connectivity index (χ1n) is 8.72. The molecule has 0 aromatic rings. The Morgan fingerprint density at radius 2 is 1.81 bits per heavy atom. The van der Waals surface area contributed by atoms with Gasteiger partial charge >= 0.3 is 5.97 Å². The van der Waals surface area contributed by atoms with Crippen molar-refractivity contribution in [2.75, 3.05) is 20.7 Å². The van der Waals surface area contributed by atoms with E-state index in [1.165, 1.54) is 52.1 Å². The van der Waals surface area contributed by atoms with Gasteiger partial charge in [0.05, 0.1) is 7.11 Å². The van der Waals surface area contributed by atoms with Crippen LogP contribution >= 0.6 is 0 Å². The zero-order valence-electron chi connectivity index (χ0n) is 13.6. The molecule has 0 spiro atoms. The second-order valence-electron chi connectivity index (χ2n) is 7.36. The quantitative estimate of drug-likeness (QED) is 0.732. The Balaban J connectivity index is 1.71. The maximum atomic E-state index is 12.6. The number of hydrogen-bond acceptors (Lipinski definition) is 4. The molecule has 3 fully saturated rings. The molecule has 0 saturated heterocycles. The average molecular weight is 294 g/mol. The normalized spacial score (nSPS) is 26.6. The Bertz CT molecular complexity index is 373. The third-order valence-electron chi connectivity index (χ3n) is 5.56. The maximum absolute atomic E-state index is 12.6. The number of methoxy groups -OCH3 is 1. The topological polar surface area (TPSA) is 41.6 Å². The molecule has 3 saturated carbocycles. The summed E-state index contributed by atoms with van der Waals surface area (Å²) in [6.07, 6.45) is 11.3. The van der Waals surface area contributed by atoms with Gasteiger partial charge < -0.3 is 9.64 Å². The van der Waals surface area contributed by atoms with E-state index in [9.17, 15) is 4.79 Å². The number of carbonyl (C=O) groups is 1. The second-order valence-corrected chi connectivity index (χ2v) is 7.36. The van der Waals surface area contributed by atoms with Gasteiger partial charge in [0, 0.05) is 18.6 Å². The standard InChI is InChI=1S/C17H30N2O2/c1-19(15-6-4-3-5-7-15)12-17(13-8-9-13,16(20)21-2)18-14-10-11-14/h13-15,18H,3-12H2,1-2H3. The van der Waals surface area contributed by atoms with E-state index in [0.717, 1.165) is 19.4 Å². The summed E-state index contributed by atoms with van der Waals surface area (Å²) in [6, 6.07) is 1.17. The van der Waals surface area contributed by atoms with Crippen molar-refractivity contribution in [3.05, 3.63) is 0 Å². The third-order valence-corrected chi connectivity index (χ3v) is 5.56. The van der Waals surface area contributed by atoms with E-state index in [4.69, 9.17) is 4.74 Å². The average Bonchev–Trinajstić information content (AvgIpc) is 3.39. The highest BCUT2D eigenvalue weighted by Gasteiger charge is 2.54. The van der Waals surface area contributed by atoms with E-state index in [-0.39, 0.29) is 5.97 Å². The van der Waals surface area contributed by atoms with Gasteiger partial charge in [-0.25, -0.2) is 4.79 Å². The first-order valence-corrected chi connectivity index (χ1v) is 8.72. The fourth-order valence-corrected chi connectivity index (χ4v) is 3.98. The van der Waals surface area contributed by atoms with Crippen molar-refractivity contribution in [1.29, 1.82) is 0 Å². The van der Waals surface area contributed by atoms with Crippen LogP contribution in [0.4, 0.5) is 0 Å². The highest BCUT2D eigenvalue weighted by atomic mass is 16.5. The minimum atomic E-state index is -0.456. The van der Waals surface area contributed by atoms with Crippen LogP contribution in [0.15, 0.2) is 0 Å². The third kappa shape index (κ3) is 3.42. The number of hydrogen-bond donors (Lipinski definition) is 1. The molecule has 21 heavy (non-hydrogen) atoms. The predicted octanol–water partition coefficient (Wildman–Crippen LogP) is 2.32. The monoisotopic (exact) mass is 294 g/mol. The molecule has 1 unspecified atom stereocenters. The molecule has 3 aliphatic carbocycles. The Kier molecular flexibility index (Phi) is 4.55. The van der Waals surface area contributed by atoms with Crippen molar-refractivity contribution in [3.63, 3.8) is 0 Å². The molecular formula is C17H30N2O2. The summed E-state index contributed by atoms with van der Waals surface area (Å²) in [5, 5.41) is 3.67. The van der Waals surface area contributed by atoms with Crippen LogP contribution < -0.4 is 5.32 Å². The Labute approximate surface area is 128 Å². The van der Waals surface area contributed by atoms with Crippen LogP contribution in [-0.4, -0.2) is 49.2 Å². The van der Waals surface area contributed by atoms with Crippen LogP contribution in [0.3, 0.4) is 0 Å². The van der Waals surface area contributed by atoms with E-state index in [1.54, 1.807) is 0 Å². The van der Waals surface area contributed by atoms with Crippen molar-refractivity contribution in [3.8, 4) is 0 Å². The summed E-state index contributed by atoms with van der Waals surface area (Å²) in [5.41, 5.74) is -0.456. The van der Waals surface area contributed by atoms with Crippen molar-refractivity contribution in [2.24, 2.45) is 5.92 Å². The molecule has 0 bridgehead atoms. The summed E-state index contributed by atoms with van der Waals surface area (Å²) in [4.78, 5) is 15.0. The first-order chi connectivity index (χ1) is 10.2. The molecule has 120 valence electrons. The van der Waals surface area contributed by atoms with Crippen molar-refractivity contribution >= 4 is 5.97 Å². The zero-order valence-corrected chi connectivity index (χ0v) is 13.6. The lowest BCUT2D eigenvalue weighted by molar-refractivity contribution is -0.151. The number of carbonyl (C=O) groups excluding carboxylic acids is 1. The maximum Gasteiger partial charge on any atom is 0.327 e. The predicted molar refractivity (Wildman–Crippen MR) is 83.1 cm³/mol. The first kappa shape index (κ1) is 15.3. The Hall–Kier alpha value is -0.610. The van der Waals surface area contributed by atoms with Gasteiger partial charge in [-0.05, 0) is 51.5 Å². The van der Waals surface area contributed by atoms with E-state index >= 15 is 0 Å². The highest BCUT2D eigenvalue weighted by molar-refractivity contribution is 5.82. The van der Waals surface area contributed by atoms with Crippen LogP contribution in [0.2, 0.25) is 0 Å². The van der Waals surface area contributed by atoms with E-state index in [2.05, 4.69) is 17.3 Å². The van der Waals surface area contributed by atoms with Gasteiger partial charge in [0.2, 0.25) is 0 Å². The summed E-state index contributed by atoms with van der Waals surface area (Å²) in [5.74, 6) is 0.427. The number of likely N-dealkylation sites (N-methyl/N-ethyl adjacent to an activating group) is 1. The lowest BCUT2D eigenvalue weighted by Crippen LogP contribution is -2.62. The molecule has 4 heteroatoms. The Morgan fingerprint density at radius 3 is 2.33 bits per heavy atom. The molecule has 0 aromatic heterocycles. The van der Waals surface area contributed by atoms with Gasteiger partial charge in [-0.2, -0.15) is 0 Å². The van der Waals surface area contributed by atoms with Crippen LogP contribution in [0.1, 0.15) is 57.8 Å². The van der Waals surface area contributed by atoms with Gasteiger partial charge in [-0.1, -0.05) is 19.3 Å². The number of ether oxygens (including phenoxy) is 1. The molecule has 0 amide bonds. The lowest BCUT2D eigenvalue weighted by Gasteiger charge is -2.40. The van der Waals surface area contributed by atoms with E-state index in [1.807, 2.05) is 0 Å². The minimum absolute atomic E-state index is 0.0421. The number of nitrogens with zero attached hydrogens (tertiary/aromatic N) is 1. The van der Waals surface area contributed by atoms with Gasteiger partial charge in [0.1, 0.15) is 5.54 Å². The Morgan fingerprint density at radius 1 is 1.14 bits per heavy atom. The van der Waals surface area contributed by atoms with Crippen LogP contribution in [-0.2, 0) is 9.53 Å². The smallest absolute Gasteiger partial charge is 0.327 e. The molecule has 0 aliphatic heterocycles. The lowest BCUT2D eigenvalue weighted by atomic mass is 9.89. The summed E-state index contributed by atoms with van der Waals surface area (Å²) in [7, 11) is 3.74. The van der Waals surface area contributed by atoms with Crippen LogP contribution in [0.25, 0.3) is 0 Å². The molecule has 1 atom stereocenters. The molecular weight excluding hydrogens is 264 g/mol. The molecule has 4 nitrogen and oxygen atoms in total. The van der Waals surface area contributed by atoms with Crippen LogP contribution in [0.5, 0.6) is 0 Å². The number of esters is 1. The van der Waals surface area contributed by atoms with E-state index in [0.29, 0.717) is 18.0 Å². The number of nitrogens with one attached hydrogen (secondary N) is 1. The number of rotatable bonds is 7. The van der Waals surface area contributed by atoms with E-state index < -0.39 is 5.54 Å². The fourth-order valence-electron chi connectivity index (χ4n) is 3.98. The zero-order chi connectivity index (χ0) is 14.9. The van der Waals surface area contributed by atoms with Gasteiger partial charge in [0.15, 0.2) is 0 Å². The molecule has 0 aromatic carbocycles. The fraction of sp³-hybridized carbons (Fsp3) is 0.941.